The lowest BCUT2D eigenvalue weighted by atomic mass is 10.2. The number of aryl methyl sites for hydroxylation is 1. The van der Waals surface area contributed by atoms with Crippen molar-refractivity contribution < 1.29 is 19.5 Å². The average Bonchev–Trinajstić information content (AvgIpc) is 2.66. The van der Waals surface area contributed by atoms with Crippen LogP contribution in [-0.4, -0.2) is 42.2 Å². The molecule has 20 heavy (non-hydrogen) atoms. The maximum absolute atomic E-state index is 10.3. The van der Waals surface area contributed by atoms with E-state index < -0.39 is 12.6 Å². The van der Waals surface area contributed by atoms with E-state index >= 15 is 0 Å². The number of hydrogen-bond donors (Lipinski definition) is 1. The quantitative estimate of drug-likeness (QED) is 0.427. The van der Waals surface area contributed by atoms with Crippen LogP contribution in [0.1, 0.15) is 29.8 Å². The Morgan fingerprint density at radius 3 is 2.85 bits per heavy atom. The van der Waals surface area contributed by atoms with Crippen molar-refractivity contribution in [2.45, 2.75) is 33.2 Å². The van der Waals surface area contributed by atoms with Crippen LogP contribution in [0.3, 0.4) is 0 Å². The van der Waals surface area contributed by atoms with Gasteiger partial charge in [-0.05, 0) is 32.8 Å². The molecule has 6 heteroatoms. The van der Waals surface area contributed by atoms with Crippen LogP contribution in [0.25, 0.3) is 0 Å². The van der Waals surface area contributed by atoms with Crippen molar-refractivity contribution in [3.8, 4) is 0 Å². The number of unbranched alkanes of at least 4 members (excludes halogenated alkanes) is 1. The van der Waals surface area contributed by atoms with Gasteiger partial charge in [-0.3, -0.25) is 0 Å². The Labute approximate surface area is 119 Å². The molecular formula is C14H22N2O4. The highest BCUT2D eigenvalue weighted by molar-refractivity contribution is 5.81. The van der Waals surface area contributed by atoms with Crippen molar-refractivity contribution in [2.24, 2.45) is 5.16 Å². The second-order valence-corrected chi connectivity index (χ2v) is 4.58. The van der Waals surface area contributed by atoms with Crippen LogP contribution in [0.15, 0.2) is 11.2 Å². The predicted molar refractivity (Wildman–Crippen MR) is 76.2 cm³/mol. The van der Waals surface area contributed by atoms with E-state index in [1.54, 1.807) is 13.3 Å². The number of carboxylic acids is 1. The summed E-state index contributed by atoms with van der Waals surface area (Å²) in [6.07, 6.45) is 3.63. The number of hydrogen-bond acceptors (Lipinski definition) is 4. The molecule has 0 saturated carbocycles. The number of aromatic nitrogens is 1. The first-order chi connectivity index (χ1) is 9.56. The predicted octanol–water partition coefficient (Wildman–Crippen LogP) is 1.97. The molecule has 0 atom stereocenters. The minimum atomic E-state index is -1.04. The average molecular weight is 282 g/mol. The van der Waals surface area contributed by atoms with E-state index in [4.69, 9.17) is 9.84 Å². The summed E-state index contributed by atoms with van der Waals surface area (Å²) in [6, 6.07) is 2.01. The van der Waals surface area contributed by atoms with Crippen molar-refractivity contribution in [1.82, 2.24) is 4.57 Å². The Balaban J connectivity index is 2.59. The molecule has 1 N–H and O–H groups in total. The van der Waals surface area contributed by atoms with Crippen LogP contribution in [0.5, 0.6) is 0 Å². The molecule has 1 aromatic heterocycles. The summed E-state index contributed by atoms with van der Waals surface area (Å²) < 4.78 is 7.25. The minimum absolute atomic E-state index is 0.424. The van der Waals surface area contributed by atoms with Crippen molar-refractivity contribution in [3.05, 3.63) is 23.0 Å². The van der Waals surface area contributed by atoms with Gasteiger partial charge in [-0.25, -0.2) is 4.79 Å². The molecule has 112 valence electrons. The van der Waals surface area contributed by atoms with Gasteiger partial charge >= 0.3 is 5.97 Å². The molecule has 1 heterocycles. The fourth-order valence-electron chi connectivity index (χ4n) is 2.01. The number of oxime groups is 1. The highest BCUT2D eigenvalue weighted by atomic mass is 16.6. The van der Waals surface area contributed by atoms with Gasteiger partial charge in [-0.1, -0.05) is 5.16 Å². The van der Waals surface area contributed by atoms with Gasteiger partial charge in [-0.2, -0.15) is 0 Å². The van der Waals surface area contributed by atoms with E-state index in [1.807, 2.05) is 19.9 Å². The van der Waals surface area contributed by atoms with Crippen LogP contribution in [-0.2, 0) is 20.9 Å². The summed E-state index contributed by atoms with van der Waals surface area (Å²) in [7, 11) is 1.71. The fourth-order valence-corrected chi connectivity index (χ4v) is 2.01. The minimum Gasteiger partial charge on any atom is -0.479 e. The lowest BCUT2D eigenvalue weighted by Gasteiger charge is -2.09. The number of nitrogens with zero attached hydrogens (tertiary/aromatic N) is 2. The highest BCUT2D eigenvalue weighted by Crippen LogP contribution is 2.14. The summed E-state index contributed by atoms with van der Waals surface area (Å²) in [5, 5.41) is 12.1. The molecule has 0 aliphatic rings. The molecule has 0 spiro atoms. The standard InChI is InChI=1S/C14H22N2O4/c1-11-8-13(9-15-20-10-14(17)18)12(2)16(11)6-4-5-7-19-3/h8-9H,4-7,10H2,1-3H3,(H,17,18)/b15-9+. The third kappa shape index (κ3) is 5.05. The van der Waals surface area contributed by atoms with Gasteiger partial charge in [0.25, 0.3) is 0 Å². The number of carbonyl (C=O) groups is 1. The normalized spacial score (nSPS) is 11.2. The van der Waals surface area contributed by atoms with Gasteiger partial charge in [-0.15, -0.1) is 0 Å². The second kappa shape index (κ2) is 8.37. The smallest absolute Gasteiger partial charge is 0.344 e. The number of carboxylic acid groups (broad SMARTS) is 1. The van der Waals surface area contributed by atoms with Crippen LogP contribution >= 0.6 is 0 Å². The zero-order chi connectivity index (χ0) is 15.0. The van der Waals surface area contributed by atoms with Crippen LogP contribution in [0, 0.1) is 13.8 Å². The molecule has 0 saturated heterocycles. The van der Waals surface area contributed by atoms with Crippen LogP contribution in [0.2, 0.25) is 0 Å². The van der Waals surface area contributed by atoms with E-state index in [2.05, 4.69) is 14.6 Å². The van der Waals surface area contributed by atoms with Crippen molar-refractivity contribution in [2.75, 3.05) is 20.3 Å². The molecule has 1 aromatic rings. The molecule has 0 radical (unpaired) electrons. The first-order valence-corrected chi connectivity index (χ1v) is 6.59. The van der Waals surface area contributed by atoms with E-state index in [-0.39, 0.29) is 0 Å². The summed E-state index contributed by atoms with van der Waals surface area (Å²) in [4.78, 5) is 15.0. The van der Waals surface area contributed by atoms with Gasteiger partial charge in [0.2, 0.25) is 6.61 Å². The SMILES string of the molecule is COCCCCn1c(C)cc(/C=N/OCC(=O)O)c1C. The Kier molecular flexibility index (Phi) is 6.79. The largest absolute Gasteiger partial charge is 0.479 e. The molecule has 0 aromatic carbocycles. The Hall–Kier alpha value is -1.82. The summed E-state index contributed by atoms with van der Waals surface area (Å²) in [5.74, 6) is -1.04. The van der Waals surface area contributed by atoms with Crippen LogP contribution < -0.4 is 0 Å². The molecule has 1 rings (SSSR count). The lowest BCUT2D eigenvalue weighted by Crippen LogP contribution is -2.04. The monoisotopic (exact) mass is 282 g/mol. The van der Waals surface area contributed by atoms with Gasteiger partial charge in [0.1, 0.15) is 0 Å². The van der Waals surface area contributed by atoms with E-state index in [1.165, 1.54) is 0 Å². The Bertz CT molecular complexity index is 466. The first kappa shape index (κ1) is 16.2. The first-order valence-electron chi connectivity index (χ1n) is 6.59. The molecule has 0 fully saturated rings. The maximum Gasteiger partial charge on any atom is 0.344 e. The number of methoxy groups -OCH3 is 1. The summed E-state index contributed by atoms with van der Waals surface area (Å²) in [5.41, 5.74) is 3.20. The topological polar surface area (TPSA) is 73.0 Å². The molecule has 0 unspecified atom stereocenters. The van der Waals surface area contributed by atoms with Crippen molar-refractivity contribution in [3.63, 3.8) is 0 Å². The molecule has 0 bridgehead atoms. The maximum atomic E-state index is 10.3. The molecule has 6 nitrogen and oxygen atoms in total. The second-order valence-electron chi connectivity index (χ2n) is 4.58. The van der Waals surface area contributed by atoms with E-state index in [0.29, 0.717) is 0 Å². The van der Waals surface area contributed by atoms with Gasteiger partial charge in [0, 0.05) is 37.2 Å². The number of ether oxygens (including phenoxy) is 1. The molecule has 0 amide bonds. The third-order valence-corrected chi connectivity index (χ3v) is 3.05. The highest BCUT2D eigenvalue weighted by Gasteiger charge is 2.07. The van der Waals surface area contributed by atoms with Gasteiger partial charge in [0.05, 0.1) is 6.21 Å². The van der Waals surface area contributed by atoms with E-state index in [9.17, 15) is 4.79 Å². The van der Waals surface area contributed by atoms with E-state index in [0.717, 1.165) is 42.9 Å². The van der Waals surface area contributed by atoms with Crippen molar-refractivity contribution in [1.29, 1.82) is 0 Å². The van der Waals surface area contributed by atoms with Gasteiger partial charge in [0.15, 0.2) is 0 Å². The fraction of sp³-hybridized carbons (Fsp3) is 0.571. The van der Waals surface area contributed by atoms with Crippen molar-refractivity contribution >= 4 is 12.2 Å². The number of rotatable bonds is 9. The Morgan fingerprint density at radius 2 is 2.20 bits per heavy atom. The Morgan fingerprint density at radius 1 is 1.45 bits per heavy atom. The molecule has 0 aliphatic carbocycles. The zero-order valence-corrected chi connectivity index (χ0v) is 12.3. The number of aliphatic carboxylic acids is 1. The van der Waals surface area contributed by atoms with Crippen LogP contribution in [0.4, 0.5) is 0 Å². The lowest BCUT2D eigenvalue weighted by molar-refractivity contribution is -0.142. The summed E-state index contributed by atoms with van der Waals surface area (Å²) >= 11 is 0. The third-order valence-electron chi connectivity index (χ3n) is 3.05. The zero-order valence-electron chi connectivity index (χ0n) is 12.3. The van der Waals surface area contributed by atoms with Gasteiger partial charge < -0.3 is 19.2 Å². The summed E-state index contributed by atoms with van der Waals surface area (Å²) in [6.45, 7) is 5.34. The molecular weight excluding hydrogens is 260 g/mol. The molecule has 0 aliphatic heterocycles.